The molecule has 0 aliphatic carbocycles. The molecule has 1 unspecified atom stereocenters. The van der Waals surface area contributed by atoms with Gasteiger partial charge in [0.1, 0.15) is 12.5 Å². The van der Waals surface area contributed by atoms with E-state index < -0.39 is 29.5 Å². The van der Waals surface area contributed by atoms with Crippen molar-refractivity contribution in [2.24, 2.45) is 0 Å². The first-order valence-corrected chi connectivity index (χ1v) is 7.21. The SMILES string of the molecule is COCNC(=O)C(Cc1cccc(F)c1)OC(=O)NC(C)(C)C. The maximum Gasteiger partial charge on any atom is 0.408 e. The summed E-state index contributed by atoms with van der Waals surface area (Å²) in [6.07, 6.45) is -1.74. The molecule has 23 heavy (non-hydrogen) atoms. The quantitative estimate of drug-likeness (QED) is 0.784. The Morgan fingerprint density at radius 3 is 2.57 bits per heavy atom. The molecule has 0 radical (unpaired) electrons. The van der Waals surface area contributed by atoms with Crippen molar-refractivity contribution in [1.29, 1.82) is 0 Å². The lowest BCUT2D eigenvalue weighted by molar-refractivity contribution is -0.131. The fourth-order valence-corrected chi connectivity index (χ4v) is 1.79. The smallest absolute Gasteiger partial charge is 0.408 e. The van der Waals surface area contributed by atoms with Crippen LogP contribution in [0, 0.1) is 5.82 Å². The van der Waals surface area contributed by atoms with Crippen molar-refractivity contribution in [1.82, 2.24) is 10.6 Å². The zero-order valence-corrected chi connectivity index (χ0v) is 13.8. The summed E-state index contributed by atoms with van der Waals surface area (Å²) in [4.78, 5) is 24.0. The van der Waals surface area contributed by atoms with Crippen LogP contribution in [0.4, 0.5) is 9.18 Å². The van der Waals surface area contributed by atoms with E-state index in [2.05, 4.69) is 10.6 Å². The summed E-state index contributed by atoms with van der Waals surface area (Å²) in [5.74, 6) is -0.933. The van der Waals surface area contributed by atoms with Crippen LogP contribution in [-0.2, 0) is 20.7 Å². The van der Waals surface area contributed by atoms with Crippen LogP contribution in [0.3, 0.4) is 0 Å². The minimum atomic E-state index is -1.09. The number of hydrogen-bond acceptors (Lipinski definition) is 4. The van der Waals surface area contributed by atoms with Gasteiger partial charge in [-0.2, -0.15) is 0 Å². The third-order valence-electron chi connectivity index (χ3n) is 2.72. The van der Waals surface area contributed by atoms with Crippen LogP contribution in [0.2, 0.25) is 0 Å². The number of carbonyl (C=O) groups excluding carboxylic acids is 2. The van der Waals surface area contributed by atoms with E-state index in [1.807, 2.05) is 0 Å². The molecule has 128 valence electrons. The lowest BCUT2D eigenvalue weighted by atomic mass is 10.1. The zero-order valence-electron chi connectivity index (χ0n) is 13.8. The number of halogens is 1. The lowest BCUT2D eigenvalue weighted by Gasteiger charge is -2.23. The highest BCUT2D eigenvalue weighted by Crippen LogP contribution is 2.10. The summed E-state index contributed by atoms with van der Waals surface area (Å²) in [5.41, 5.74) is 0.0508. The Bertz CT molecular complexity index is 543. The Morgan fingerprint density at radius 2 is 2.00 bits per heavy atom. The molecule has 1 atom stereocenters. The molecule has 0 bridgehead atoms. The molecule has 0 saturated heterocycles. The van der Waals surface area contributed by atoms with E-state index in [4.69, 9.17) is 9.47 Å². The highest BCUT2D eigenvalue weighted by molar-refractivity contribution is 5.83. The van der Waals surface area contributed by atoms with Gasteiger partial charge < -0.3 is 20.1 Å². The standard InChI is InChI=1S/C16H23FN2O4/c1-16(2,3)19-15(21)23-13(14(20)18-10-22-4)9-11-6-5-7-12(17)8-11/h5-8,13H,9-10H2,1-4H3,(H,18,20)(H,19,21). The summed E-state index contributed by atoms with van der Waals surface area (Å²) in [6.45, 7) is 5.37. The molecule has 7 heteroatoms. The van der Waals surface area contributed by atoms with Crippen molar-refractivity contribution in [3.05, 3.63) is 35.6 Å². The second kappa shape index (κ2) is 8.47. The van der Waals surface area contributed by atoms with Crippen molar-refractivity contribution in [2.75, 3.05) is 13.8 Å². The normalized spacial score (nSPS) is 12.4. The number of hydrogen-bond donors (Lipinski definition) is 2. The summed E-state index contributed by atoms with van der Waals surface area (Å²) in [5, 5.41) is 5.09. The highest BCUT2D eigenvalue weighted by atomic mass is 19.1. The number of methoxy groups -OCH3 is 1. The monoisotopic (exact) mass is 326 g/mol. The number of rotatable bonds is 6. The Labute approximate surface area is 135 Å². The van der Waals surface area contributed by atoms with Crippen LogP contribution in [0.1, 0.15) is 26.3 Å². The molecule has 0 spiro atoms. The second-order valence-corrected chi connectivity index (χ2v) is 6.08. The van der Waals surface area contributed by atoms with Gasteiger partial charge in [-0.1, -0.05) is 12.1 Å². The predicted octanol–water partition coefficient (Wildman–Crippen LogP) is 1.98. The average Bonchev–Trinajstić information content (AvgIpc) is 2.42. The molecule has 1 aromatic carbocycles. The number of ether oxygens (including phenoxy) is 2. The summed E-state index contributed by atoms with van der Waals surface area (Å²) < 4.78 is 23.2. The van der Waals surface area contributed by atoms with E-state index in [9.17, 15) is 14.0 Å². The van der Waals surface area contributed by atoms with Gasteiger partial charge in [0.05, 0.1) is 0 Å². The molecule has 2 amide bonds. The van der Waals surface area contributed by atoms with Crippen molar-refractivity contribution in [2.45, 2.75) is 38.8 Å². The first kappa shape index (κ1) is 18.9. The van der Waals surface area contributed by atoms with Gasteiger partial charge in [-0.15, -0.1) is 0 Å². The molecule has 1 rings (SSSR count). The van der Waals surface area contributed by atoms with Gasteiger partial charge in [-0.25, -0.2) is 9.18 Å². The Hall–Kier alpha value is -2.15. The van der Waals surface area contributed by atoms with Gasteiger partial charge in [0.2, 0.25) is 0 Å². The van der Waals surface area contributed by atoms with Crippen molar-refractivity contribution < 1.29 is 23.5 Å². The minimum absolute atomic E-state index is 0.0112. The van der Waals surface area contributed by atoms with Crippen LogP contribution in [0.15, 0.2) is 24.3 Å². The minimum Gasteiger partial charge on any atom is -0.436 e. The van der Waals surface area contributed by atoms with E-state index >= 15 is 0 Å². The number of benzene rings is 1. The van der Waals surface area contributed by atoms with E-state index in [1.165, 1.54) is 25.3 Å². The van der Waals surface area contributed by atoms with Crippen molar-refractivity contribution >= 4 is 12.0 Å². The maximum absolute atomic E-state index is 13.3. The van der Waals surface area contributed by atoms with E-state index in [1.54, 1.807) is 26.8 Å². The fraction of sp³-hybridized carbons (Fsp3) is 0.500. The Kier molecular flexibility index (Phi) is 6.96. The predicted molar refractivity (Wildman–Crippen MR) is 83.3 cm³/mol. The summed E-state index contributed by atoms with van der Waals surface area (Å²) >= 11 is 0. The molecule has 0 saturated carbocycles. The van der Waals surface area contributed by atoms with E-state index in [0.717, 1.165) is 0 Å². The molecule has 0 fully saturated rings. The Morgan fingerprint density at radius 1 is 1.30 bits per heavy atom. The van der Waals surface area contributed by atoms with Crippen molar-refractivity contribution in [3.8, 4) is 0 Å². The van der Waals surface area contributed by atoms with Gasteiger partial charge >= 0.3 is 6.09 Å². The molecule has 0 aromatic heterocycles. The van der Waals surface area contributed by atoms with Crippen molar-refractivity contribution in [3.63, 3.8) is 0 Å². The van der Waals surface area contributed by atoms with Gasteiger partial charge in [0.15, 0.2) is 6.10 Å². The first-order valence-electron chi connectivity index (χ1n) is 7.21. The Balaban J connectivity index is 2.80. The zero-order chi connectivity index (χ0) is 17.5. The molecular weight excluding hydrogens is 303 g/mol. The first-order chi connectivity index (χ1) is 10.7. The maximum atomic E-state index is 13.3. The van der Waals surface area contributed by atoms with Gasteiger partial charge in [0, 0.05) is 19.1 Å². The number of amides is 2. The third-order valence-corrected chi connectivity index (χ3v) is 2.72. The molecule has 0 aliphatic heterocycles. The largest absolute Gasteiger partial charge is 0.436 e. The van der Waals surface area contributed by atoms with Crippen LogP contribution < -0.4 is 10.6 Å². The summed E-state index contributed by atoms with van der Waals surface area (Å²) in [6, 6.07) is 5.78. The molecule has 1 aromatic rings. The van der Waals surface area contributed by atoms with Crippen LogP contribution in [-0.4, -0.2) is 37.5 Å². The van der Waals surface area contributed by atoms with Crippen LogP contribution >= 0.6 is 0 Å². The van der Waals surface area contributed by atoms with E-state index in [0.29, 0.717) is 5.56 Å². The molecular formula is C16H23FN2O4. The molecule has 6 nitrogen and oxygen atoms in total. The van der Waals surface area contributed by atoms with Crippen LogP contribution in [0.5, 0.6) is 0 Å². The fourth-order valence-electron chi connectivity index (χ4n) is 1.79. The number of alkyl carbamates (subject to hydrolysis) is 1. The van der Waals surface area contributed by atoms with Gasteiger partial charge in [-0.3, -0.25) is 4.79 Å². The van der Waals surface area contributed by atoms with E-state index in [-0.39, 0.29) is 13.2 Å². The number of carbonyl (C=O) groups is 2. The molecule has 0 aliphatic rings. The van der Waals surface area contributed by atoms with Gasteiger partial charge in [0.25, 0.3) is 5.91 Å². The third kappa shape index (κ3) is 7.60. The highest BCUT2D eigenvalue weighted by Gasteiger charge is 2.25. The van der Waals surface area contributed by atoms with Gasteiger partial charge in [-0.05, 0) is 38.5 Å². The summed E-state index contributed by atoms with van der Waals surface area (Å²) in [7, 11) is 1.43. The topological polar surface area (TPSA) is 76.7 Å². The van der Waals surface area contributed by atoms with Crippen LogP contribution in [0.25, 0.3) is 0 Å². The molecule has 0 heterocycles. The number of nitrogens with one attached hydrogen (secondary N) is 2. The molecule has 2 N–H and O–H groups in total. The lowest BCUT2D eigenvalue weighted by Crippen LogP contribution is -2.46. The average molecular weight is 326 g/mol. The second-order valence-electron chi connectivity index (χ2n) is 6.08.